The molecule has 2 rings (SSSR count). The Morgan fingerprint density at radius 1 is 1.41 bits per heavy atom. The zero-order chi connectivity index (χ0) is 12.6. The number of hydrogen-bond acceptors (Lipinski definition) is 2. The van der Waals surface area contributed by atoms with Crippen molar-refractivity contribution in [3.63, 3.8) is 0 Å². The minimum absolute atomic E-state index is 0.219. The van der Waals surface area contributed by atoms with Gasteiger partial charge in [-0.15, -0.1) is 0 Å². The molecule has 1 aromatic heterocycles. The van der Waals surface area contributed by atoms with E-state index in [2.05, 4.69) is 34.5 Å². The Morgan fingerprint density at radius 3 is 2.76 bits per heavy atom. The van der Waals surface area contributed by atoms with Crippen molar-refractivity contribution in [1.82, 2.24) is 4.98 Å². The van der Waals surface area contributed by atoms with Gasteiger partial charge in [0.2, 0.25) is 0 Å². The van der Waals surface area contributed by atoms with Crippen LogP contribution in [0.3, 0.4) is 0 Å². The summed E-state index contributed by atoms with van der Waals surface area (Å²) >= 11 is 8.26. The number of pyridine rings is 1. The molecule has 4 heteroatoms. The summed E-state index contributed by atoms with van der Waals surface area (Å²) in [6.07, 6.45) is 2.06. The third kappa shape index (κ3) is 2.36. The van der Waals surface area contributed by atoms with E-state index < -0.39 is 0 Å². The van der Waals surface area contributed by atoms with Crippen molar-refractivity contribution in [3.05, 3.63) is 32.0 Å². The fraction of sp³-hybridized carbons (Fsp3) is 0.308. The van der Waals surface area contributed by atoms with Gasteiger partial charge in [-0.1, -0.05) is 24.9 Å². The summed E-state index contributed by atoms with van der Waals surface area (Å²) < 4.78 is 0.732. The van der Waals surface area contributed by atoms with Crippen molar-refractivity contribution in [2.24, 2.45) is 0 Å². The molecule has 0 unspecified atom stereocenters. The second-order valence-corrected chi connectivity index (χ2v) is 5.64. The lowest BCUT2D eigenvalue weighted by Crippen LogP contribution is -1.95. The summed E-state index contributed by atoms with van der Waals surface area (Å²) in [6.45, 7) is 4.11. The first kappa shape index (κ1) is 12.9. The molecule has 0 bridgehead atoms. The maximum absolute atomic E-state index is 10.00. The van der Waals surface area contributed by atoms with Gasteiger partial charge in [-0.2, -0.15) is 0 Å². The van der Waals surface area contributed by atoms with Crippen molar-refractivity contribution < 1.29 is 5.11 Å². The van der Waals surface area contributed by atoms with Gasteiger partial charge in [-0.05, 0) is 53.6 Å². The highest BCUT2D eigenvalue weighted by atomic mass is 127. The molecule has 0 aliphatic heterocycles. The van der Waals surface area contributed by atoms with Crippen LogP contribution in [0.2, 0.25) is 5.02 Å². The maximum atomic E-state index is 10.00. The van der Waals surface area contributed by atoms with Crippen LogP contribution in [-0.4, -0.2) is 10.1 Å². The molecular weight excluding hydrogens is 349 g/mol. The first-order chi connectivity index (χ1) is 8.04. The summed E-state index contributed by atoms with van der Waals surface area (Å²) in [4.78, 5) is 4.48. The van der Waals surface area contributed by atoms with E-state index in [1.54, 1.807) is 6.07 Å². The van der Waals surface area contributed by atoms with Gasteiger partial charge < -0.3 is 5.11 Å². The highest BCUT2D eigenvalue weighted by Gasteiger charge is 2.12. The Labute approximate surface area is 119 Å². The van der Waals surface area contributed by atoms with Gasteiger partial charge in [-0.25, -0.2) is 4.98 Å². The predicted octanol–water partition coefficient (Wildman–Crippen LogP) is 4.46. The summed E-state index contributed by atoms with van der Waals surface area (Å²) in [5.41, 5.74) is 2.76. The van der Waals surface area contributed by atoms with Crippen LogP contribution in [0, 0.1) is 10.5 Å². The summed E-state index contributed by atoms with van der Waals surface area (Å²) in [5, 5.41) is 11.5. The molecule has 1 heterocycles. The zero-order valence-corrected chi connectivity index (χ0v) is 12.6. The van der Waals surface area contributed by atoms with Gasteiger partial charge in [0.05, 0.1) is 8.59 Å². The van der Waals surface area contributed by atoms with Gasteiger partial charge in [0.15, 0.2) is 5.75 Å². The molecule has 0 saturated heterocycles. The van der Waals surface area contributed by atoms with E-state index in [9.17, 15) is 5.11 Å². The van der Waals surface area contributed by atoms with Crippen molar-refractivity contribution in [2.75, 3.05) is 0 Å². The van der Waals surface area contributed by atoms with Crippen LogP contribution in [0.25, 0.3) is 10.9 Å². The summed E-state index contributed by atoms with van der Waals surface area (Å²) in [7, 11) is 0. The van der Waals surface area contributed by atoms with Gasteiger partial charge in [0.1, 0.15) is 5.52 Å². The van der Waals surface area contributed by atoms with Gasteiger partial charge in [0.25, 0.3) is 0 Å². The quantitative estimate of drug-likeness (QED) is 0.801. The van der Waals surface area contributed by atoms with E-state index in [0.29, 0.717) is 10.5 Å². The third-order valence-corrected chi connectivity index (χ3v) is 3.93. The van der Waals surface area contributed by atoms with Crippen LogP contribution < -0.4 is 0 Å². The molecule has 0 saturated carbocycles. The predicted molar refractivity (Wildman–Crippen MR) is 79.9 cm³/mol. The number of aromatic nitrogens is 1. The molecule has 0 atom stereocenters. The number of aromatic hydroxyl groups is 1. The van der Waals surface area contributed by atoms with Crippen molar-refractivity contribution in [1.29, 1.82) is 0 Å². The SMILES string of the molecule is CCCc1cc2c(Cl)cc(I)c(O)c2nc1C. The molecule has 1 aromatic carbocycles. The Morgan fingerprint density at radius 2 is 2.12 bits per heavy atom. The van der Waals surface area contributed by atoms with E-state index in [1.807, 2.05) is 13.0 Å². The zero-order valence-electron chi connectivity index (χ0n) is 9.72. The highest BCUT2D eigenvalue weighted by Crippen LogP contribution is 2.35. The summed E-state index contributed by atoms with van der Waals surface area (Å²) in [6, 6.07) is 3.81. The number of phenols is 1. The lowest BCUT2D eigenvalue weighted by atomic mass is 10.1. The molecule has 0 spiro atoms. The van der Waals surface area contributed by atoms with Gasteiger partial charge in [0, 0.05) is 11.1 Å². The second kappa shape index (κ2) is 4.98. The Hall–Kier alpha value is -0.550. The number of nitrogens with zero attached hydrogens (tertiary/aromatic N) is 1. The normalized spacial score (nSPS) is 11.1. The smallest absolute Gasteiger partial charge is 0.155 e. The fourth-order valence-electron chi connectivity index (χ4n) is 1.90. The number of benzene rings is 1. The second-order valence-electron chi connectivity index (χ2n) is 4.07. The molecule has 90 valence electrons. The molecule has 1 N–H and O–H groups in total. The van der Waals surface area contributed by atoms with Crippen molar-refractivity contribution >= 4 is 45.1 Å². The van der Waals surface area contributed by atoms with E-state index in [0.717, 1.165) is 27.5 Å². The Bertz CT molecular complexity index is 583. The van der Waals surface area contributed by atoms with Crippen LogP contribution in [0.4, 0.5) is 0 Å². The van der Waals surface area contributed by atoms with Gasteiger partial charge in [-0.3, -0.25) is 0 Å². The number of hydrogen-bond donors (Lipinski definition) is 1. The molecule has 0 radical (unpaired) electrons. The molecule has 2 aromatic rings. The monoisotopic (exact) mass is 361 g/mol. The molecule has 0 fully saturated rings. The topological polar surface area (TPSA) is 33.1 Å². The molecule has 2 nitrogen and oxygen atoms in total. The van der Waals surface area contributed by atoms with Crippen molar-refractivity contribution in [2.45, 2.75) is 26.7 Å². The maximum Gasteiger partial charge on any atom is 0.155 e. The van der Waals surface area contributed by atoms with E-state index in [-0.39, 0.29) is 5.75 Å². The van der Waals surface area contributed by atoms with Crippen LogP contribution >= 0.6 is 34.2 Å². The number of rotatable bonds is 2. The molecule has 0 aliphatic carbocycles. The number of aryl methyl sites for hydroxylation is 2. The van der Waals surface area contributed by atoms with Crippen LogP contribution in [0.15, 0.2) is 12.1 Å². The van der Waals surface area contributed by atoms with Crippen LogP contribution in [-0.2, 0) is 6.42 Å². The average Bonchev–Trinajstić information content (AvgIpc) is 2.28. The first-order valence-electron chi connectivity index (χ1n) is 5.51. The van der Waals surface area contributed by atoms with E-state index in [4.69, 9.17) is 11.6 Å². The minimum atomic E-state index is 0.219. The standard InChI is InChI=1S/C13H13ClINO/c1-3-4-8-5-9-10(14)6-11(15)13(17)12(9)16-7(8)2/h5-6,17H,3-4H2,1-2H3. The van der Waals surface area contributed by atoms with E-state index in [1.165, 1.54) is 5.56 Å². The summed E-state index contributed by atoms with van der Waals surface area (Å²) in [5.74, 6) is 0.219. The van der Waals surface area contributed by atoms with Crippen LogP contribution in [0.1, 0.15) is 24.6 Å². The Balaban J connectivity index is 2.78. The lowest BCUT2D eigenvalue weighted by molar-refractivity contribution is 0.476. The number of halogens is 2. The molecular formula is C13H13ClINO. The number of fused-ring (bicyclic) bond motifs is 1. The molecule has 17 heavy (non-hydrogen) atoms. The largest absolute Gasteiger partial charge is 0.505 e. The molecule has 0 aliphatic rings. The Kier molecular flexibility index (Phi) is 3.78. The van der Waals surface area contributed by atoms with Gasteiger partial charge >= 0.3 is 0 Å². The third-order valence-electron chi connectivity index (χ3n) is 2.80. The first-order valence-corrected chi connectivity index (χ1v) is 6.97. The fourth-order valence-corrected chi connectivity index (χ4v) is 2.91. The average molecular weight is 362 g/mol. The van der Waals surface area contributed by atoms with Crippen LogP contribution in [0.5, 0.6) is 5.75 Å². The lowest BCUT2D eigenvalue weighted by Gasteiger charge is -2.10. The van der Waals surface area contributed by atoms with E-state index >= 15 is 0 Å². The van der Waals surface area contributed by atoms with Crippen molar-refractivity contribution in [3.8, 4) is 5.75 Å². The highest BCUT2D eigenvalue weighted by molar-refractivity contribution is 14.1. The molecule has 0 amide bonds. The minimum Gasteiger partial charge on any atom is -0.505 e. The number of phenolic OH excluding ortho intramolecular Hbond substituents is 1.